The molecule has 0 radical (unpaired) electrons. The molecule has 16 heavy (non-hydrogen) atoms. The third-order valence-corrected chi connectivity index (χ3v) is 2.94. The highest BCUT2D eigenvalue weighted by Crippen LogP contribution is 2.13. The molecule has 92 valence electrons. The molecule has 0 heterocycles. The van der Waals surface area contributed by atoms with Gasteiger partial charge >= 0.3 is 0 Å². The van der Waals surface area contributed by atoms with Gasteiger partial charge in [-0.3, -0.25) is 0 Å². The Morgan fingerprint density at radius 2 is 1.88 bits per heavy atom. The van der Waals surface area contributed by atoms with E-state index in [1.54, 1.807) is 0 Å². The summed E-state index contributed by atoms with van der Waals surface area (Å²) in [7, 11) is 0. The summed E-state index contributed by atoms with van der Waals surface area (Å²) in [6.45, 7) is 11.1. The van der Waals surface area contributed by atoms with Crippen LogP contribution in [-0.2, 0) is 0 Å². The van der Waals surface area contributed by atoms with Gasteiger partial charge < -0.3 is 0 Å². The maximum atomic E-state index is 3.30. The molecular formula is C16H28. The van der Waals surface area contributed by atoms with Crippen LogP contribution in [0.25, 0.3) is 0 Å². The molecule has 0 aliphatic rings. The summed E-state index contributed by atoms with van der Waals surface area (Å²) in [5.41, 5.74) is 1.43. The smallest absolute Gasteiger partial charge is 0.0171 e. The van der Waals surface area contributed by atoms with E-state index in [2.05, 4.69) is 52.5 Å². The highest BCUT2D eigenvalue weighted by Gasteiger charge is 1.99. The molecule has 0 aliphatic heterocycles. The molecule has 0 bridgehead atoms. The minimum atomic E-state index is 0.570. The van der Waals surface area contributed by atoms with E-state index in [1.807, 2.05) is 0 Å². The molecule has 0 nitrogen and oxygen atoms in total. The first kappa shape index (κ1) is 15.3. The maximum absolute atomic E-state index is 3.30. The van der Waals surface area contributed by atoms with Crippen molar-refractivity contribution in [1.82, 2.24) is 0 Å². The number of hydrogen-bond donors (Lipinski definition) is 0. The minimum Gasteiger partial charge on any atom is -0.103 e. The van der Waals surface area contributed by atoms with Gasteiger partial charge in [0.1, 0.15) is 0 Å². The highest BCUT2D eigenvalue weighted by molar-refractivity contribution is 5.02. The van der Waals surface area contributed by atoms with Gasteiger partial charge in [-0.2, -0.15) is 0 Å². The van der Waals surface area contributed by atoms with Gasteiger partial charge in [0.05, 0.1) is 0 Å². The molecule has 2 atom stereocenters. The van der Waals surface area contributed by atoms with Gasteiger partial charge in [0.15, 0.2) is 0 Å². The molecule has 0 fully saturated rings. The Balaban J connectivity index is 3.60. The van der Waals surface area contributed by atoms with Crippen molar-refractivity contribution in [3.05, 3.63) is 11.6 Å². The molecule has 0 saturated carbocycles. The third-order valence-electron chi connectivity index (χ3n) is 2.94. The molecule has 1 unspecified atom stereocenters. The molecule has 0 spiro atoms. The lowest BCUT2D eigenvalue weighted by molar-refractivity contribution is 0.504. The monoisotopic (exact) mass is 220 g/mol. The minimum absolute atomic E-state index is 0.570. The van der Waals surface area contributed by atoms with Crippen molar-refractivity contribution >= 4 is 0 Å². The molecule has 0 saturated heterocycles. The quantitative estimate of drug-likeness (QED) is 0.426. The van der Waals surface area contributed by atoms with E-state index in [4.69, 9.17) is 0 Å². The Morgan fingerprint density at radius 3 is 2.44 bits per heavy atom. The Labute approximate surface area is 103 Å². The Hall–Kier alpha value is -0.700. The lowest BCUT2D eigenvalue weighted by Crippen LogP contribution is -1.93. The van der Waals surface area contributed by atoms with Gasteiger partial charge in [-0.15, -0.1) is 11.8 Å². The fraction of sp³-hybridized carbons (Fsp3) is 0.750. The summed E-state index contributed by atoms with van der Waals surface area (Å²) in [5, 5.41) is 0. The fourth-order valence-electron chi connectivity index (χ4n) is 1.47. The second kappa shape index (κ2) is 9.52. The van der Waals surface area contributed by atoms with Crippen molar-refractivity contribution in [1.29, 1.82) is 0 Å². The van der Waals surface area contributed by atoms with E-state index < -0.39 is 0 Å². The average molecular weight is 220 g/mol. The van der Waals surface area contributed by atoms with Gasteiger partial charge in [0.25, 0.3) is 0 Å². The van der Waals surface area contributed by atoms with Crippen LogP contribution in [0.5, 0.6) is 0 Å². The number of hydrogen-bond acceptors (Lipinski definition) is 0. The second-order valence-electron chi connectivity index (χ2n) is 5.13. The van der Waals surface area contributed by atoms with Crippen molar-refractivity contribution < 1.29 is 0 Å². The summed E-state index contributed by atoms with van der Waals surface area (Å²) in [6.07, 6.45) is 8.35. The topological polar surface area (TPSA) is 0 Å². The highest BCUT2D eigenvalue weighted by atomic mass is 14.0. The van der Waals surface area contributed by atoms with E-state index in [9.17, 15) is 0 Å². The molecule has 0 N–H and O–H groups in total. The summed E-state index contributed by atoms with van der Waals surface area (Å²) in [5.74, 6) is 7.98. The van der Waals surface area contributed by atoms with Crippen LogP contribution in [0, 0.1) is 23.7 Å². The molecule has 0 aliphatic carbocycles. The van der Waals surface area contributed by atoms with E-state index >= 15 is 0 Å². The van der Waals surface area contributed by atoms with Crippen molar-refractivity contribution in [3.8, 4) is 11.8 Å². The van der Waals surface area contributed by atoms with Crippen LogP contribution in [0.2, 0.25) is 0 Å². The zero-order chi connectivity index (χ0) is 12.4. The van der Waals surface area contributed by atoms with Gasteiger partial charge in [0.2, 0.25) is 0 Å². The van der Waals surface area contributed by atoms with E-state index in [1.165, 1.54) is 31.3 Å². The number of allylic oxidation sites excluding steroid dienone is 2. The normalized spacial score (nSPS) is 13.6. The largest absolute Gasteiger partial charge is 0.103 e. The summed E-state index contributed by atoms with van der Waals surface area (Å²) in [6, 6.07) is 0. The molecule has 0 rings (SSSR count). The standard InChI is InChI=1S/C16H28/c1-6-15(4)11-7-8-12-16(5)13-9-10-14(2)3/h10,15-16H,6,8-9,12-13H2,1-5H3/t15?,16-/m0/s1. The van der Waals surface area contributed by atoms with Crippen LogP contribution in [0.1, 0.15) is 66.7 Å². The maximum Gasteiger partial charge on any atom is 0.0171 e. The second-order valence-corrected chi connectivity index (χ2v) is 5.13. The Kier molecular flexibility index (Phi) is 9.10. The first-order chi connectivity index (χ1) is 7.56. The lowest BCUT2D eigenvalue weighted by Gasteiger charge is -2.07. The van der Waals surface area contributed by atoms with Crippen molar-refractivity contribution in [2.75, 3.05) is 0 Å². The van der Waals surface area contributed by atoms with Gasteiger partial charge in [-0.1, -0.05) is 32.4 Å². The van der Waals surface area contributed by atoms with Gasteiger partial charge in [-0.25, -0.2) is 0 Å². The van der Waals surface area contributed by atoms with Gasteiger partial charge in [-0.05, 0) is 45.4 Å². The van der Waals surface area contributed by atoms with Crippen LogP contribution in [-0.4, -0.2) is 0 Å². The summed E-state index contributed by atoms with van der Waals surface area (Å²) < 4.78 is 0. The zero-order valence-corrected chi connectivity index (χ0v) is 11.8. The van der Waals surface area contributed by atoms with Crippen LogP contribution >= 0.6 is 0 Å². The fourth-order valence-corrected chi connectivity index (χ4v) is 1.47. The van der Waals surface area contributed by atoms with Gasteiger partial charge in [0, 0.05) is 12.3 Å². The lowest BCUT2D eigenvalue weighted by atomic mass is 9.99. The van der Waals surface area contributed by atoms with Crippen molar-refractivity contribution in [2.45, 2.75) is 66.7 Å². The average Bonchev–Trinajstić information content (AvgIpc) is 2.23. The summed E-state index contributed by atoms with van der Waals surface area (Å²) in [4.78, 5) is 0. The van der Waals surface area contributed by atoms with Crippen molar-refractivity contribution in [2.24, 2.45) is 11.8 Å². The number of rotatable bonds is 6. The van der Waals surface area contributed by atoms with Crippen LogP contribution < -0.4 is 0 Å². The first-order valence-electron chi connectivity index (χ1n) is 6.68. The SMILES string of the molecule is CCC(C)C#CCC[C@H](C)CCC=C(C)C. The van der Waals surface area contributed by atoms with Crippen LogP contribution in [0.15, 0.2) is 11.6 Å². The zero-order valence-electron chi connectivity index (χ0n) is 11.8. The van der Waals surface area contributed by atoms with Crippen LogP contribution in [0.4, 0.5) is 0 Å². The summed E-state index contributed by atoms with van der Waals surface area (Å²) >= 11 is 0. The molecular weight excluding hydrogens is 192 g/mol. The predicted octanol–water partition coefficient (Wildman–Crippen LogP) is 5.20. The van der Waals surface area contributed by atoms with E-state index in [0.29, 0.717) is 5.92 Å². The predicted molar refractivity (Wildman–Crippen MR) is 74.3 cm³/mol. The van der Waals surface area contributed by atoms with E-state index in [-0.39, 0.29) is 0 Å². The molecule has 0 aromatic heterocycles. The van der Waals surface area contributed by atoms with Crippen LogP contribution in [0.3, 0.4) is 0 Å². The molecule has 0 heteroatoms. The Bertz CT molecular complexity index is 245. The molecule has 0 amide bonds. The third kappa shape index (κ3) is 9.84. The van der Waals surface area contributed by atoms with E-state index in [0.717, 1.165) is 12.3 Å². The Morgan fingerprint density at radius 1 is 1.19 bits per heavy atom. The first-order valence-corrected chi connectivity index (χ1v) is 6.68. The molecule has 0 aromatic carbocycles. The molecule has 0 aromatic rings. The van der Waals surface area contributed by atoms with Crippen molar-refractivity contribution in [3.63, 3.8) is 0 Å².